The molecule has 0 fully saturated rings. The zero-order valence-electron chi connectivity index (χ0n) is 11.0. The zero-order valence-corrected chi connectivity index (χ0v) is 11.8. The second-order valence-corrected chi connectivity index (χ2v) is 5.46. The Morgan fingerprint density at radius 1 is 1.58 bits per heavy atom. The summed E-state index contributed by atoms with van der Waals surface area (Å²) in [7, 11) is 1.58. The van der Waals surface area contributed by atoms with Crippen molar-refractivity contribution in [1.29, 1.82) is 0 Å². The van der Waals surface area contributed by atoms with E-state index in [1.54, 1.807) is 13.2 Å². The van der Waals surface area contributed by atoms with E-state index in [0.717, 1.165) is 4.88 Å². The SMILES string of the molecule is COc1csc(-c2nc(CC(C)C)c(C(=O)O)o2)c1. The van der Waals surface area contributed by atoms with Crippen LogP contribution in [0.25, 0.3) is 10.8 Å². The molecule has 1 N–H and O–H groups in total. The Balaban J connectivity index is 2.39. The zero-order chi connectivity index (χ0) is 14.0. The summed E-state index contributed by atoms with van der Waals surface area (Å²) < 4.78 is 10.5. The number of aromatic carboxylic acids is 1. The van der Waals surface area contributed by atoms with Crippen LogP contribution in [0.4, 0.5) is 0 Å². The minimum Gasteiger partial charge on any atom is -0.496 e. The van der Waals surface area contributed by atoms with Crippen LogP contribution in [-0.4, -0.2) is 23.2 Å². The molecule has 0 aliphatic carbocycles. The molecule has 6 heteroatoms. The van der Waals surface area contributed by atoms with Crippen molar-refractivity contribution in [3.63, 3.8) is 0 Å². The fourth-order valence-electron chi connectivity index (χ4n) is 1.69. The van der Waals surface area contributed by atoms with Crippen molar-refractivity contribution < 1.29 is 19.1 Å². The van der Waals surface area contributed by atoms with E-state index in [-0.39, 0.29) is 5.76 Å². The molecule has 2 heterocycles. The number of thiophene rings is 1. The van der Waals surface area contributed by atoms with Crippen LogP contribution in [0, 0.1) is 5.92 Å². The number of carbonyl (C=O) groups is 1. The first kappa shape index (κ1) is 13.6. The molecule has 0 atom stereocenters. The van der Waals surface area contributed by atoms with E-state index in [1.807, 2.05) is 19.2 Å². The van der Waals surface area contributed by atoms with Gasteiger partial charge in [-0.15, -0.1) is 11.3 Å². The van der Waals surface area contributed by atoms with Crippen LogP contribution in [0.5, 0.6) is 5.75 Å². The molecule has 0 unspecified atom stereocenters. The standard InChI is InChI=1S/C13H15NO4S/c1-7(2)4-9-11(13(15)16)18-12(14-9)10-5-8(17-3)6-19-10/h5-7H,4H2,1-3H3,(H,15,16). The number of carboxylic acids is 1. The molecule has 0 bridgehead atoms. The van der Waals surface area contributed by atoms with Crippen molar-refractivity contribution in [1.82, 2.24) is 4.98 Å². The van der Waals surface area contributed by atoms with Crippen LogP contribution in [0.15, 0.2) is 15.9 Å². The van der Waals surface area contributed by atoms with Gasteiger partial charge in [-0.2, -0.15) is 0 Å². The summed E-state index contributed by atoms with van der Waals surface area (Å²) in [6.45, 7) is 4.02. The number of nitrogens with zero attached hydrogens (tertiary/aromatic N) is 1. The average molecular weight is 281 g/mol. The Kier molecular flexibility index (Phi) is 3.90. The van der Waals surface area contributed by atoms with Gasteiger partial charge in [0.1, 0.15) is 5.75 Å². The highest BCUT2D eigenvalue weighted by Crippen LogP contribution is 2.32. The second-order valence-electron chi connectivity index (χ2n) is 4.55. The van der Waals surface area contributed by atoms with Gasteiger partial charge >= 0.3 is 5.97 Å². The molecular weight excluding hydrogens is 266 g/mol. The molecule has 0 amide bonds. The summed E-state index contributed by atoms with van der Waals surface area (Å²) in [6, 6.07) is 1.78. The first-order valence-corrected chi connectivity index (χ1v) is 6.75. The third-order valence-corrected chi connectivity index (χ3v) is 3.41. The molecule has 0 aromatic carbocycles. The number of oxazole rings is 1. The minimum absolute atomic E-state index is 0.0731. The summed E-state index contributed by atoms with van der Waals surface area (Å²) in [5, 5.41) is 11.0. The van der Waals surface area contributed by atoms with E-state index in [0.29, 0.717) is 29.7 Å². The van der Waals surface area contributed by atoms with Gasteiger partial charge in [-0.25, -0.2) is 9.78 Å². The Hall–Kier alpha value is -1.82. The highest BCUT2D eigenvalue weighted by atomic mass is 32.1. The summed E-state index contributed by atoms with van der Waals surface area (Å²) in [6.07, 6.45) is 0.577. The Morgan fingerprint density at radius 3 is 2.84 bits per heavy atom. The third kappa shape index (κ3) is 2.96. The molecule has 19 heavy (non-hydrogen) atoms. The van der Waals surface area contributed by atoms with E-state index in [4.69, 9.17) is 14.3 Å². The Bertz CT molecular complexity index is 585. The Labute approximate surface area is 114 Å². The number of hydrogen-bond acceptors (Lipinski definition) is 5. The molecule has 5 nitrogen and oxygen atoms in total. The third-order valence-electron chi connectivity index (χ3n) is 2.52. The van der Waals surface area contributed by atoms with Gasteiger partial charge in [0.25, 0.3) is 0 Å². The highest BCUT2D eigenvalue weighted by molar-refractivity contribution is 7.13. The fraction of sp³-hybridized carbons (Fsp3) is 0.385. The lowest BCUT2D eigenvalue weighted by molar-refractivity contribution is 0.0661. The van der Waals surface area contributed by atoms with Crippen molar-refractivity contribution >= 4 is 17.3 Å². The molecule has 0 aliphatic heterocycles. The molecule has 0 aliphatic rings. The van der Waals surface area contributed by atoms with Crippen molar-refractivity contribution in [2.24, 2.45) is 5.92 Å². The van der Waals surface area contributed by atoms with Crippen LogP contribution in [0.1, 0.15) is 30.1 Å². The highest BCUT2D eigenvalue weighted by Gasteiger charge is 2.21. The maximum atomic E-state index is 11.2. The fourth-order valence-corrected chi connectivity index (χ4v) is 2.47. The number of ether oxygens (including phenoxy) is 1. The lowest BCUT2D eigenvalue weighted by Crippen LogP contribution is -2.03. The summed E-state index contributed by atoms with van der Waals surface area (Å²) in [4.78, 5) is 16.2. The number of aromatic nitrogens is 1. The molecule has 102 valence electrons. The topological polar surface area (TPSA) is 72.6 Å². The summed E-state index contributed by atoms with van der Waals surface area (Å²) in [5.41, 5.74) is 0.491. The first-order chi connectivity index (χ1) is 9.01. The predicted molar refractivity (Wildman–Crippen MR) is 71.9 cm³/mol. The molecule has 2 aromatic heterocycles. The van der Waals surface area contributed by atoms with Crippen molar-refractivity contribution in [2.45, 2.75) is 20.3 Å². The van der Waals surface area contributed by atoms with Crippen molar-refractivity contribution in [3.8, 4) is 16.5 Å². The van der Waals surface area contributed by atoms with Crippen LogP contribution >= 0.6 is 11.3 Å². The lowest BCUT2D eigenvalue weighted by Gasteiger charge is -1.99. The quantitative estimate of drug-likeness (QED) is 0.910. The van der Waals surface area contributed by atoms with Gasteiger partial charge < -0.3 is 14.3 Å². The monoisotopic (exact) mass is 281 g/mol. The number of carboxylic acid groups (broad SMARTS) is 1. The van der Waals surface area contributed by atoms with Gasteiger partial charge in [0.15, 0.2) is 0 Å². The maximum absolute atomic E-state index is 11.2. The molecule has 0 saturated carbocycles. The van der Waals surface area contributed by atoms with Crippen LogP contribution < -0.4 is 4.74 Å². The Morgan fingerprint density at radius 2 is 2.32 bits per heavy atom. The predicted octanol–water partition coefficient (Wildman–Crippen LogP) is 3.31. The van der Waals surface area contributed by atoms with Gasteiger partial charge in [-0.1, -0.05) is 13.8 Å². The van der Waals surface area contributed by atoms with Crippen molar-refractivity contribution in [2.75, 3.05) is 7.11 Å². The van der Waals surface area contributed by atoms with Crippen LogP contribution in [0.2, 0.25) is 0 Å². The number of hydrogen-bond donors (Lipinski definition) is 1. The van der Waals surface area contributed by atoms with Gasteiger partial charge in [0, 0.05) is 11.4 Å². The van der Waals surface area contributed by atoms with Crippen LogP contribution in [-0.2, 0) is 6.42 Å². The first-order valence-electron chi connectivity index (χ1n) is 5.87. The number of methoxy groups -OCH3 is 1. The molecule has 0 saturated heterocycles. The molecule has 0 spiro atoms. The second kappa shape index (κ2) is 5.44. The van der Waals surface area contributed by atoms with Gasteiger partial charge in [-0.05, 0) is 12.3 Å². The number of rotatable bonds is 5. The van der Waals surface area contributed by atoms with E-state index in [1.165, 1.54) is 11.3 Å². The smallest absolute Gasteiger partial charge is 0.373 e. The van der Waals surface area contributed by atoms with Gasteiger partial charge in [-0.3, -0.25) is 0 Å². The molecule has 2 aromatic rings. The molecule has 0 radical (unpaired) electrons. The van der Waals surface area contributed by atoms with Gasteiger partial charge in [0.2, 0.25) is 11.7 Å². The molecule has 2 rings (SSSR count). The van der Waals surface area contributed by atoms with Crippen molar-refractivity contribution in [3.05, 3.63) is 22.9 Å². The minimum atomic E-state index is -1.09. The summed E-state index contributed by atoms with van der Waals surface area (Å²) in [5.74, 6) is 0.199. The average Bonchev–Trinajstić information content (AvgIpc) is 2.93. The molecular formula is C13H15NO4S. The lowest BCUT2D eigenvalue weighted by atomic mass is 10.1. The van der Waals surface area contributed by atoms with E-state index >= 15 is 0 Å². The van der Waals surface area contributed by atoms with E-state index < -0.39 is 5.97 Å². The largest absolute Gasteiger partial charge is 0.496 e. The van der Waals surface area contributed by atoms with Gasteiger partial charge in [0.05, 0.1) is 17.7 Å². The normalized spacial score (nSPS) is 10.9. The summed E-state index contributed by atoms with van der Waals surface area (Å²) >= 11 is 1.41. The van der Waals surface area contributed by atoms with E-state index in [9.17, 15) is 4.79 Å². The van der Waals surface area contributed by atoms with Crippen LogP contribution in [0.3, 0.4) is 0 Å². The maximum Gasteiger partial charge on any atom is 0.373 e. The van der Waals surface area contributed by atoms with E-state index in [2.05, 4.69) is 4.98 Å².